The average Bonchev–Trinajstić information content (AvgIpc) is 2.88. The van der Waals surface area contributed by atoms with Crippen molar-refractivity contribution in [2.24, 2.45) is 0 Å². The highest BCUT2D eigenvalue weighted by Gasteiger charge is 2.31. The first-order valence-electron chi connectivity index (χ1n) is 7.23. The minimum Gasteiger partial charge on any atom is -0.497 e. The zero-order valence-corrected chi connectivity index (χ0v) is 12.5. The third kappa shape index (κ3) is 4.11. The lowest BCUT2D eigenvalue weighted by Gasteiger charge is -2.18. The number of hydrogen-bond donors (Lipinski definition) is 3. The Morgan fingerprint density at radius 1 is 1.50 bits per heavy atom. The van der Waals surface area contributed by atoms with Crippen LogP contribution in [0.5, 0.6) is 5.75 Å². The Morgan fingerprint density at radius 3 is 3.05 bits per heavy atom. The molecule has 0 spiro atoms. The summed E-state index contributed by atoms with van der Waals surface area (Å²) in [5.41, 5.74) is 0.759. The first-order valence-corrected chi connectivity index (χ1v) is 7.23. The fourth-order valence-electron chi connectivity index (χ4n) is 2.35. The third-order valence-electron chi connectivity index (χ3n) is 3.45. The smallest absolute Gasteiger partial charge is 0.315 e. The van der Waals surface area contributed by atoms with Gasteiger partial charge >= 0.3 is 6.03 Å². The van der Waals surface area contributed by atoms with E-state index in [2.05, 4.69) is 10.6 Å². The summed E-state index contributed by atoms with van der Waals surface area (Å²) in [6.07, 6.45) is 0.775. The summed E-state index contributed by atoms with van der Waals surface area (Å²) in [4.78, 5) is 25.4. The Bertz CT molecular complexity index is 535. The number of rotatable bonds is 6. The molecule has 2 rings (SSSR count). The van der Waals surface area contributed by atoms with Gasteiger partial charge in [-0.25, -0.2) is 4.79 Å². The van der Waals surface area contributed by atoms with Crippen molar-refractivity contribution in [3.05, 3.63) is 24.3 Å². The number of nitrogens with zero attached hydrogens (tertiary/aromatic N) is 1. The van der Waals surface area contributed by atoms with Gasteiger partial charge in [0.2, 0.25) is 5.91 Å². The van der Waals surface area contributed by atoms with E-state index in [-0.39, 0.29) is 31.0 Å². The molecule has 0 bridgehead atoms. The molecule has 0 saturated carbocycles. The van der Waals surface area contributed by atoms with Gasteiger partial charge in [0.25, 0.3) is 0 Å². The van der Waals surface area contributed by atoms with Gasteiger partial charge in [-0.1, -0.05) is 6.07 Å². The summed E-state index contributed by atoms with van der Waals surface area (Å²) in [7, 11) is 1.58. The summed E-state index contributed by atoms with van der Waals surface area (Å²) in [6.45, 7) is 0.869. The summed E-state index contributed by atoms with van der Waals surface area (Å²) < 4.78 is 5.16. The molecule has 120 valence electrons. The van der Waals surface area contributed by atoms with Gasteiger partial charge in [0.15, 0.2) is 0 Å². The lowest BCUT2D eigenvalue weighted by Crippen LogP contribution is -2.43. The Morgan fingerprint density at radius 2 is 2.32 bits per heavy atom. The van der Waals surface area contributed by atoms with Crippen molar-refractivity contribution in [3.8, 4) is 5.75 Å². The maximum absolute atomic E-state index is 12.1. The zero-order chi connectivity index (χ0) is 15.9. The van der Waals surface area contributed by atoms with Crippen molar-refractivity contribution in [2.75, 3.05) is 31.7 Å². The standard InChI is InChI=1S/C15H21N3O4/c1-22-13-5-2-4-12(9-13)18-10-11(8-14(18)20)17-15(21)16-6-3-7-19/h2,4-5,9,11,19H,3,6-8,10H2,1H3,(H2,16,17,21)/t11-/m0/s1. The van der Waals surface area contributed by atoms with Crippen LogP contribution in [0.25, 0.3) is 0 Å². The normalized spacial score (nSPS) is 17.5. The molecule has 0 radical (unpaired) electrons. The molecule has 1 saturated heterocycles. The van der Waals surface area contributed by atoms with Gasteiger partial charge in [0.05, 0.1) is 13.2 Å². The van der Waals surface area contributed by atoms with Crippen LogP contribution < -0.4 is 20.3 Å². The Labute approximate surface area is 129 Å². The van der Waals surface area contributed by atoms with E-state index in [4.69, 9.17) is 9.84 Å². The Balaban J connectivity index is 1.91. The summed E-state index contributed by atoms with van der Waals surface area (Å²) in [5.74, 6) is 0.650. The molecule has 1 aromatic carbocycles. The quantitative estimate of drug-likeness (QED) is 0.667. The number of aliphatic hydroxyl groups is 1. The Hall–Kier alpha value is -2.28. The minimum atomic E-state index is -0.321. The number of aliphatic hydroxyl groups excluding tert-OH is 1. The third-order valence-corrected chi connectivity index (χ3v) is 3.45. The van der Waals surface area contributed by atoms with E-state index in [0.29, 0.717) is 25.3 Å². The van der Waals surface area contributed by atoms with E-state index >= 15 is 0 Å². The second-order valence-corrected chi connectivity index (χ2v) is 5.08. The number of urea groups is 1. The summed E-state index contributed by atoms with van der Waals surface area (Å²) in [6, 6.07) is 6.72. The molecule has 22 heavy (non-hydrogen) atoms. The number of anilines is 1. The molecule has 1 aliphatic rings. The number of nitrogens with one attached hydrogen (secondary N) is 2. The topological polar surface area (TPSA) is 90.9 Å². The summed E-state index contributed by atoms with van der Waals surface area (Å²) in [5, 5.41) is 14.1. The number of carbonyl (C=O) groups is 2. The predicted octanol–water partition coefficient (Wildman–Crippen LogP) is 0.482. The van der Waals surface area contributed by atoms with Crippen LogP contribution in [0.4, 0.5) is 10.5 Å². The van der Waals surface area contributed by atoms with Crippen molar-refractivity contribution >= 4 is 17.6 Å². The first-order chi connectivity index (χ1) is 10.6. The van der Waals surface area contributed by atoms with E-state index in [1.54, 1.807) is 18.1 Å². The van der Waals surface area contributed by atoms with E-state index < -0.39 is 0 Å². The molecule has 3 amide bonds. The first kappa shape index (κ1) is 16.1. The van der Waals surface area contributed by atoms with Gasteiger partial charge in [-0.3, -0.25) is 4.79 Å². The summed E-state index contributed by atoms with van der Waals surface area (Å²) >= 11 is 0. The predicted molar refractivity (Wildman–Crippen MR) is 82.0 cm³/mol. The molecule has 1 fully saturated rings. The molecule has 0 aliphatic carbocycles. The second-order valence-electron chi connectivity index (χ2n) is 5.08. The largest absolute Gasteiger partial charge is 0.497 e. The maximum Gasteiger partial charge on any atom is 0.315 e. The number of amides is 3. The van der Waals surface area contributed by atoms with Gasteiger partial charge in [0.1, 0.15) is 5.75 Å². The van der Waals surface area contributed by atoms with Crippen molar-refractivity contribution in [1.82, 2.24) is 10.6 Å². The highest BCUT2D eigenvalue weighted by Crippen LogP contribution is 2.25. The van der Waals surface area contributed by atoms with Crippen molar-refractivity contribution in [3.63, 3.8) is 0 Å². The molecule has 0 unspecified atom stereocenters. The van der Waals surface area contributed by atoms with Gasteiger partial charge < -0.3 is 25.4 Å². The molecule has 7 heteroatoms. The van der Waals surface area contributed by atoms with Gasteiger partial charge in [-0.15, -0.1) is 0 Å². The molecular weight excluding hydrogens is 286 g/mol. The maximum atomic E-state index is 12.1. The fourth-order valence-corrected chi connectivity index (χ4v) is 2.35. The van der Waals surface area contributed by atoms with Crippen LogP contribution in [0.3, 0.4) is 0 Å². The molecule has 3 N–H and O–H groups in total. The minimum absolute atomic E-state index is 0.0334. The number of methoxy groups -OCH3 is 1. The Kier molecular flexibility index (Phi) is 5.60. The lowest BCUT2D eigenvalue weighted by atomic mass is 10.2. The highest BCUT2D eigenvalue weighted by molar-refractivity contribution is 5.97. The zero-order valence-electron chi connectivity index (χ0n) is 12.5. The number of ether oxygens (including phenoxy) is 1. The van der Waals surface area contributed by atoms with Crippen molar-refractivity contribution in [2.45, 2.75) is 18.9 Å². The van der Waals surface area contributed by atoms with Crippen molar-refractivity contribution < 1.29 is 19.4 Å². The van der Waals surface area contributed by atoms with Crippen LogP contribution in [0.1, 0.15) is 12.8 Å². The van der Waals surface area contributed by atoms with Crippen LogP contribution >= 0.6 is 0 Å². The van der Waals surface area contributed by atoms with Crippen LogP contribution in [0, 0.1) is 0 Å². The number of benzene rings is 1. The van der Waals surface area contributed by atoms with E-state index in [0.717, 1.165) is 5.69 Å². The van der Waals surface area contributed by atoms with Gasteiger partial charge in [-0.2, -0.15) is 0 Å². The van der Waals surface area contributed by atoms with Crippen molar-refractivity contribution in [1.29, 1.82) is 0 Å². The molecule has 0 aromatic heterocycles. The average molecular weight is 307 g/mol. The fraction of sp³-hybridized carbons (Fsp3) is 0.467. The lowest BCUT2D eigenvalue weighted by molar-refractivity contribution is -0.117. The van der Waals surface area contributed by atoms with Crippen LogP contribution in [-0.4, -0.2) is 49.9 Å². The van der Waals surface area contributed by atoms with Gasteiger partial charge in [0, 0.05) is 37.9 Å². The molecule has 1 atom stereocenters. The van der Waals surface area contributed by atoms with Gasteiger partial charge in [-0.05, 0) is 18.6 Å². The second kappa shape index (κ2) is 7.65. The molecule has 1 heterocycles. The van der Waals surface area contributed by atoms with E-state index in [1.165, 1.54) is 0 Å². The monoisotopic (exact) mass is 307 g/mol. The van der Waals surface area contributed by atoms with Crippen LogP contribution in [-0.2, 0) is 4.79 Å². The van der Waals surface area contributed by atoms with E-state index in [1.807, 2.05) is 18.2 Å². The van der Waals surface area contributed by atoms with Crippen LogP contribution in [0.2, 0.25) is 0 Å². The number of carbonyl (C=O) groups excluding carboxylic acids is 2. The molecular formula is C15H21N3O4. The number of hydrogen-bond acceptors (Lipinski definition) is 4. The molecule has 1 aromatic rings. The van der Waals surface area contributed by atoms with E-state index in [9.17, 15) is 9.59 Å². The molecule has 7 nitrogen and oxygen atoms in total. The highest BCUT2D eigenvalue weighted by atomic mass is 16.5. The van der Waals surface area contributed by atoms with Crippen LogP contribution in [0.15, 0.2) is 24.3 Å². The SMILES string of the molecule is COc1cccc(N2C[C@@H](NC(=O)NCCCO)CC2=O)c1. The molecule has 1 aliphatic heterocycles.